The lowest BCUT2D eigenvalue weighted by atomic mass is 10.1. The molecular weight excluding hydrogens is 404 g/mol. The molecule has 7 heteroatoms. The lowest BCUT2D eigenvalue weighted by Gasteiger charge is -2.18. The van der Waals surface area contributed by atoms with Crippen LogP contribution in [0.4, 0.5) is 5.69 Å². The van der Waals surface area contributed by atoms with Crippen molar-refractivity contribution in [3.63, 3.8) is 0 Å². The lowest BCUT2D eigenvalue weighted by molar-refractivity contribution is -0.136. The summed E-state index contributed by atoms with van der Waals surface area (Å²) in [6, 6.07) is 13.3. The van der Waals surface area contributed by atoms with Crippen LogP contribution >= 0.6 is 0 Å². The Kier molecular flexibility index (Phi) is 8.00. The Hall–Kier alpha value is -3.19. The fraction of sp³-hybridized carbons (Fsp3) is 0.400. The summed E-state index contributed by atoms with van der Waals surface area (Å²) in [6.07, 6.45) is 2.00. The number of carbonyl (C=O) groups is 3. The third kappa shape index (κ3) is 6.65. The smallest absolute Gasteiger partial charge is 0.313 e. The van der Waals surface area contributed by atoms with Crippen molar-refractivity contribution in [1.82, 2.24) is 15.5 Å². The molecule has 0 aliphatic heterocycles. The number of anilines is 1. The first-order valence-electron chi connectivity index (χ1n) is 11.2. The average Bonchev–Trinajstić information content (AvgIpc) is 3.61. The number of rotatable bonds is 9. The SMILES string of the molecule is CCN(CC)Cc1ccc(CNC(=O)C(=O)Nc2cc(C(=O)NC3CC3)ccc2C)cc1. The molecule has 3 N–H and O–H groups in total. The van der Waals surface area contributed by atoms with E-state index in [-0.39, 0.29) is 18.5 Å². The molecule has 0 unspecified atom stereocenters. The summed E-state index contributed by atoms with van der Waals surface area (Å²) in [6.45, 7) is 9.24. The van der Waals surface area contributed by atoms with Crippen molar-refractivity contribution in [2.45, 2.75) is 52.7 Å². The van der Waals surface area contributed by atoms with E-state index in [0.29, 0.717) is 11.3 Å². The molecule has 0 bridgehead atoms. The second-order valence-corrected chi connectivity index (χ2v) is 8.19. The van der Waals surface area contributed by atoms with E-state index in [1.54, 1.807) is 18.2 Å². The first-order chi connectivity index (χ1) is 15.4. The van der Waals surface area contributed by atoms with Crippen molar-refractivity contribution < 1.29 is 14.4 Å². The van der Waals surface area contributed by atoms with Crippen molar-refractivity contribution in [1.29, 1.82) is 0 Å². The molecule has 170 valence electrons. The molecule has 0 aromatic heterocycles. The maximum Gasteiger partial charge on any atom is 0.313 e. The van der Waals surface area contributed by atoms with Gasteiger partial charge in [-0.3, -0.25) is 19.3 Å². The quantitative estimate of drug-likeness (QED) is 0.527. The first kappa shape index (κ1) is 23.5. The number of benzene rings is 2. The van der Waals surface area contributed by atoms with Gasteiger partial charge < -0.3 is 16.0 Å². The molecule has 0 saturated heterocycles. The van der Waals surface area contributed by atoms with E-state index in [1.165, 1.54) is 5.56 Å². The molecule has 0 spiro atoms. The van der Waals surface area contributed by atoms with Crippen LogP contribution in [0.2, 0.25) is 0 Å². The minimum absolute atomic E-state index is 0.170. The summed E-state index contributed by atoms with van der Waals surface area (Å²) in [5.74, 6) is -1.65. The number of hydrogen-bond donors (Lipinski definition) is 3. The maximum atomic E-state index is 12.4. The van der Waals surface area contributed by atoms with Gasteiger partial charge in [0.15, 0.2) is 0 Å². The summed E-state index contributed by atoms with van der Waals surface area (Å²) >= 11 is 0. The van der Waals surface area contributed by atoms with E-state index in [2.05, 4.69) is 34.7 Å². The highest BCUT2D eigenvalue weighted by molar-refractivity contribution is 6.39. The Morgan fingerprint density at radius 2 is 1.59 bits per heavy atom. The van der Waals surface area contributed by atoms with Gasteiger partial charge in [0, 0.05) is 30.4 Å². The molecule has 1 aliphatic carbocycles. The predicted octanol–water partition coefficient (Wildman–Crippen LogP) is 2.98. The first-order valence-corrected chi connectivity index (χ1v) is 11.2. The minimum Gasteiger partial charge on any atom is -0.349 e. The van der Waals surface area contributed by atoms with Gasteiger partial charge in [0.1, 0.15) is 0 Å². The Morgan fingerprint density at radius 1 is 0.938 bits per heavy atom. The van der Waals surface area contributed by atoms with E-state index in [0.717, 1.165) is 43.6 Å². The van der Waals surface area contributed by atoms with Gasteiger partial charge in [0.2, 0.25) is 0 Å². The third-order valence-electron chi connectivity index (χ3n) is 5.64. The minimum atomic E-state index is -0.758. The van der Waals surface area contributed by atoms with Crippen LogP contribution in [0.3, 0.4) is 0 Å². The van der Waals surface area contributed by atoms with Crippen LogP contribution in [-0.4, -0.2) is 41.8 Å². The Morgan fingerprint density at radius 3 is 2.22 bits per heavy atom. The van der Waals surface area contributed by atoms with Crippen molar-refractivity contribution in [2.75, 3.05) is 18.4 Å². The fourth-order valence-corrected chi connectivity index (χ4v) is 3.30. The summed E-state index contributed by atoms with van der Waals surface area (Å²) in [7, 11) is 0. The summed E-state index contributed by atoms with van der Waals surface area (Å²) in [5, 5.41) is 8.19. The number of hydrogen-bond acceptors (Lipinski definition) is 4. The normalized spacial score (nSPS) is 13.0. The highest BCUT2D eigenvalue weighted by Gasteiger charge is 2.24. The number of amides is 3. The predicted molar refractivity (Wildman–Crippen MR) is 125 cm³/mol. The highest BCUT2D eigenvalue weighted by atomic mass is 16.2. The largest absolute Gasteiger partial charge is 0.349 e. The molecule has 32 heavy (non-hydrogen) atoms. The zero-order chi connectivity index (χ0) is 23.1. The second kappa shape index (κ2) is 10.9. The van der Waals surface area contributed by atoms with Crippen molar-refractivity contribution in [2.24, 2.45) is 0 Å². The molecule has 0 radical (unpaired) electrons. The molecule has 0 heterocycles. The number of aryl methyl sites for hydroxylation is 1. The molecule has 2 aromatic carbocycles. The Balaban J connectivity index is 1.52. The molecule has 1 fully saturated rings. The van der Waals surface area contributed by atoms with E-state index < -0.39 is 11.8 Å². The lowest BCUT2D eigenvalue weighted by Crippen LogP contribution is -2.35. The molecule has 1 saturated carbocycles. The van der Waals surface area contributed by atoms with Gasteiger partial charge in [-0.15, -0.1) is 0 Å². The van der Waals surface area contributed by atoms with Crippen LogP contribution in [0.1, 0.15) is 53.7 Å². The van der Waals surface area contributed by atoms with Gasteiger partial charge >= 0.3 is 11.8 Å². The number of nitrogens with zero attached hydrogens (tertiary/aromatic N) is 1. The maximum absolute atomic E-state index is 12.4. The molecule has 3 rings (SSSR count). The van der Waals surface area contributed by atoms with Crippen LogP contribution < -0.4 is 16.0 Å². The summed E-state index contributed by atoms with van der Waals surface area (Å²) < 4.78 is 0. The van der Waals surface area contributed by atoms with E-state index in [9.17, 15) is 14.4 Å². The molecule has 3 amide bonds. The molecular formula is C25H32N4O3. The number of carbonyl (C=O) groups excluding carboxylic acids is 3. The van der Waals surface area contributed by atoms with Crippen LogP contribution in [0.5, 0.6) is 0 Å². The fourth-order valence-electron chi connectivity index (χ4n) is 3.30. The van der Waals surface area contributed by atoms with Crippen LogP contribution in [-0.2, 0) is 22.7 Å². The Labute approximate surface area is 189 Å². The van der Waals surface area contributed by atoms with Gasteiger partial charge in [0.25, 0.3) is 5.91 Å². The van der Waals surface area contributed by atoms with Gasteiger partial charge in [-0.25, -0.2) is 0 Å². The molecule has 1 aliphatic rings. The summed E-state index contributed by atoms with van der Waals surface area (Å²) in [5.41, 5.74) is 3.82. The van der Waals surface area contributed by atoms with Crippen molar-refractivity contribution >= 4 is 23.4 Å². The van der Waals surface area contributed by atoms with Crippen molar-refractivity contribution in [3.05, 3.63) is 64.7 Å². The average molecular weight is 437 g/mol. The van der Waals surface area contributed by atoms with Gasteiger partial charge in [-0.2, -0.15) is 0 Å². The van der Waals surface area contributed by atoms with E-state index >= 15 is 0 Å². The number of nitrogens with one attached hydrogen (secondary N) is 3. The van der Waals surface area contributed by atoms with Crippen molar-refractivity contribution in [3.8, 4) is 0 Å². The monoisotopic (exact) mass is 436 g/mol. The zero-order valence-electron chi connectivity index (χ0n) is 19.0. The zero-order valence-corrected chi connectivity index (χ0v) is 19.0. The van der Waals surface area contributed by atoms with Crippen LogP contribution in [0.15, 0.2) is 42.5 Å². The second-order valence-electron chi connectivity index (χ2n) is 8.19. The van der Waals surface area contributed by atoms with Gasteiger partial charge in [0.05, 0.1) is 0 Å². The molecule has 0 atom stereocenters. The molecule has 7 nitrogen and oxygen atoms in total. The van der Waals surface area contributed by atoms with E-state index in [1.807, 2.05) is 31.2 Å². The highest BCUT2D eigenvalue weighted by Crippen LogP contribution is 2.21. The van der Waals surface area contributed by atoms with Gasteiger partial charge in [-0.1, -0.05) is 44.2 Å². The topological polar surface area (TPSA) is 90.5 Å². The third-order valence-corrected chi connectivity index (χ3v) is 5.64. The molecule has 2 aromatic rings. The van der Waals surface area contributed by atoms with Crippen LogP contribution in [0.25, 0.3) is 0 Å². The Bertz CT molecular complexity index is 964. The standard InChI is InChI=1S/C25H32N4O3/c1-4-29(5-2)16-19-9-7-18(8-10-19)15-26-24(31)25(32)28-22-14-20(11-6-17(22)3)23(30)27-21-12-13-21/h6-11,14,21H,4-5,12-13,15-16H2,1-3H3,(H,26,31)(H,27,30)(H,28,32). The van der Waals surface area contributed by atoms with E-state index in [4.69, 9.17) is 0 Å². The summed E-state index contributed by atoms with van der Waals surface area (Å²) in [4.78, 5) is 39.2. The van der Waals surface area contributed by atoms with Gasteiger partial charge in [-0.05, 0) is 61.7 Å². The van der Waals surface area contributed by atoms with Crippen LogP contribution in [0, 0.1) is 6.92 Å².